The van der Waals surface area contributed by atoms with Crippen LogP contribution in [0, 0.1) is 12.8 Å². The van der Waals surface area contributed by atoms with E-state index in [0.717, 1.165) is 17.8 Å². The molecule has 0 aliphatic carbocycles. The highest BCUT2D eigenvalue weighted by Crippen LogP contribution is 2.39. The van der Waals surface area contributed by atoms with Crippen molar-refractivity contribution >= 4 is 29.3 Å². The highest BCUT2D eigenvalue weighted by Gasteiger charge is 2.32. The molecule has 3 aromatic carbocycles. The number of rotatable bonds is 10. The molecule has 0 aliphatic rings. The number of amides is 2. The van der Waals surface area contributed by atoms with Crippen molar-refractivity contribution in [3.8, 4) is 16.9 Å². The molecule has 0 aliphatic heterocycles. The van der Waals surface area contributed by atoms with Crippen LogP contribution in [0.4, 0.5) is 18.9 Å². The van der Waals surface area contributed by atoms with Crippen molar-refractivity contribution in [2.45, 2.75) is 51.9 Å². The van der Waals surface area contributed by atoms with Gasteiger partial charge in [0.1, 0.15) is 5.75 Å². The number of thioether (sulfide) groups is 1. The van der Waals surface area contributed by atoms with Gasteiger partial charge in [0.05, 0.1) is 5.75 Å². The van der Waals surface area contributed by atoms with E-state index in [4.69, 9.17) is 0 Å². The Morgan fingerprint density at radius 3 is 2.25 bits per heavy atom. The van der Waals surface area contributed by atoms with Crippen LogP contribution >= 0.6 is 11.8 Å². The summed E-state index contributed by atoms with van der Waals surface area (Å²) < 4.78 is 43.3. The third kappa shape index (κ3) is 8.94. The lowest BCUT2D eigenvalue weighted by Crippen LogP contribution is -2.50. The van der Waals surface area contributed by atoms with Gasteiger partial charge in [-0.3, -0.25) is 20.0 Å². The number of anilines is 1. The Balaban J connectivity index is 1.74. The first kappa shape index (κ1) is 30.9. The molecule has 3 aromatic rings. The number of carbonyl (C=O) groups excluding carboxylic acids is 2. The van der Waals surface area contributed by atoms with Crippen LogP contribution in [-0.4, -0.2) is 41.5 Å². The summed E-state index contributed by atoms with van der Waals surface area (Å²) in [6.45, 7) is 10.4. The molecule has 6 nitrogen and oxygen atoms in total. The van der Waals surface area contributed by atoms with E-state index in [1.807, 2.05) is 25.1 Å². The van der Waals surface area contributed by atoms with E-state index in [9.17, 15) is 22.8 Å². The van der Waals surface area contributed by atoms with E-state index in [1.54, 1.807) is 50.2 Å². The number of ether oxygens (including phenoxy) is 1. The van der Waals surface area contributed by atoms with Crippen molar-refractivity contribution in [1.29, 1.82) is 0 Å². The number of nitrogens with zero attached hydrogens (tertiary/aromatic N) is 1. The van der Waals surface area contributed by atoms with E-state index in [0.29, 0.717) is 21.9 Å². The van der Waals surface area contributed by atoms with Crippen LogP contribution in [0.15, 0.2) is 71.6 Å². The van der Waals surface area contributed by atoms with Crippen LogP contribution in [0.1, 0.15) is 43.6 Å². The molecule has 3 rings (SSSR count). The number of benzene rings is 3. The molecule has 0 unspecified atom stereocenters. The van der Waals surface area contributed by atoms with Gasteiger partial charge in [0.15, 0.2) is 0 Å². The predicted molar refractivity (Wildman–Crippen MR) is 153 cm³/mol. The highest BCUT2D eigenvalue weighted by molar-refractivity contribution is 8.00. The molecule has 10 heteroatoms. The number of halogens is 3. The Morgan fingerprint density at radius 2 is 1.62 bits per heavy atom. The van der Waals surface area contributed by atoms with Gasteiger partial charge in [0.25, 0.3) is 11.8 Å². The number of alkyl halides is 3. The lowest BCUT2D eigenvalue weighted by atomic mass is 10.0. The normalized spacial score (nSPS) is 11.4. The van der Waals surface area contributed by atoms with Gasteiger partial charge in [-0.25, -0.2) is 0 Å². The van der Waals surface area contributed by atoms with Crippen molar-refractivity contribution in [3.63, 3.8) is 0 Å². The van der Waals surface area contributed by atoms with Gasteiger partial charge in [0.2, 0.25) is 0 Å². The smallest absolute Gasteiger partial charge is 0.405 e. The van der Waals surface area contributed by atoms with E-state index in [1.165, 1.54) is 28.9 Å². The highest BCUT2D eigenvalue weighted by atomic mass is 32.2. The molecule has 0 fully saturated rings. The van der Waals surface area contributed by atoms with E-state index < -0.39 is 12.3 Å². The van der Waals surface area contributed by atoms with Gasteiger partial charge in [-0.2, -0.15) is 0 Å². The van der Waals surface area contributed by atoms with Crippen LogP contribution < -0.4 is 15.5 Å². The zero-order valence-corrected chi connectivity index (χ0v) is 24.0. The number of carbonyl (C=O) groups is 2. The zero-order valence-electron chi connectivity index (χ0n) is 23.1. The fourth-order valence-electron chi connectivity index (χ4n) is 3.81. The van der Waals surface area contributed by atoms with Gasteiger partial charge in [0, 0.05) is 34.3 Å². The Labute approximate surface area is 237 Å². The summed E-state index contributed by atoms with van der Waals surface area (Å²) in [6.07, 6.45) is -4.84. The molecule has 0 aromatic heterocycles. The average Bonchev–Trinajstić information content (AvgIpc) is 2.89. The molecule has 0 heterocycles. The second-order valence-corrected chi connectivity index (χ2v) is 11.0. The minimum atomic E-state index is -4.84. The van der Waals surface area contributed by atoms with Crippen molar-refractivity contribution in [2.75, 3.05) is 17.6 Å². The minimum absolute atomic E-state index is 0.0468. The first-order valence-corrected chi connectivity index (χ1v) is 13.9. The predicted octanol–water partition coefficient (Wildman–Crippen LogP) is 7.30. The number of nitrogens with one attached hydrogen (secondary N) is 2. The van der Waals surface area contributed by atoms with Gasteiger partial charge < -0.3 is 10.1 Å². The summed E-state index contributed by atoms with van der Waals surface area (Å²) in [5.74, 6) is -0.665. The lowest BCUT2D eigenvalue weighted by molar-refractivity contribution is -0.274. The summed E-state index contributed by atoms with van der Waals surface area (Å²) in [5.41, 5.74) is 5.62. The Kier molecular flexibility index (Phi) is 10.5. The summed E-state index contributed by atoms with van der Waals surface area (Å²) in [6, 6.07) is 17.9. The second kappa shape index (κ2) is 13.6. The van der Waals surface area contributed by atoms with Gasteiger partial charge in [-0.05, 0) is 68.7 Å². The molecule has 214 valence electrons. The minimum Gasteiger partial charge on any atom is -0.405 e. The van der Waals surface area contributed by atoms with Gasteiger partial charge in [-0.1, -0.05) is 49.7 Å². The van der Waals surface area contributed by atoms with Crippen LogP contribution in [0.25, 0.3) is 11.1 Å². The molecule has 0 saturated heterocycles. The fraction of sp³-hybridized carbons (Fsp3) is 0.333. The molecule has 40 heavy (non-hydrogen) atoms. The Hall–Kier alpha value is -3.66. The average molecular weight is 574 g/mol. The quantitative estimate of drug-likeness (QED) is 0.197. The van der Waals surface area contributed by atoms with Gasteiger partial charge >= 0.3 is 6.36 Å². The molecule has 2 N–H and O–H groups in total. The Morgan fingerprint density at radius 1 is 0.950 bits per heavy atom. The summed E-state index contributed by atoms with van der Waals surface area (Å²) >= 11 is 1.18. The first-order chi connectivity index (χ1) is 18.8. The maximum atomic E-state index is 13.2. The van der Waals surface area contributed by atoms with E-state index in [-0.39, 0.29) is 29.0 Å². The zero-order chi connectivity index (χ0) is 29.4. The van der Waals surface area contributed by atoms with E-state index in [2.05, 4.69) is 29.3 Å². The number of hydrogen-bond donors (Lipinski definition) is 2. The molecular weight excluding hydrogens is 539 g/mol. The summed E-state index contributed by atoms with van der Waals surface area (Å²) in [4.78, 5) is 26.7. The largest absolute Gasteiger partial charge is 0.573 e. The summed E-state index contributed by atoms with van der Waals surface area (Å²) in [7, 11) is 0. The number of hydrazine groups is 1. The van der Waals surface area contributed by atoms with Crippen molar-refractivity contribution in [1.82, 2.24) is 10.4 Å². The SMILES string of the molecule is Cc1ccc(SCC(=O)N(NC(=O)c2ccc(NCC(C)C)cc2)C(C)C)c(-c2ccccc2OC(F)(F)F)c1. The molecule has 0 radical (unpaired) electrons. The molecule has 0 bridgehead atoms. The molecule has 2 amide bonds. The first-order valence-electron chi connectivity index (χ1n) is 12.9. The van der Waals surface area contributed by atoms with Crippen LogP contribution in [0.3, 0.4) is 0 Å². The van der Waals surface area contributed by atoms with Gasteiger partial charge in [-0.15, -0.1) is 24.9 Å². The van der Waals surface area contributed by atoms with Crippen molar-refractivity contribution in [3.05, 3.63) is 77.9 Å². The number of aryl methyl sites for hydroxylation is 1. The topological polar surface area (TPSA) is 70.7 Å². The third-order valence-corrected chi connectivity index (χ3v) is 6.82. The van der Waals surface area contributed by atoms with Crippen LogP contribution in [-0.2, 0) is 4.79 Å². The number of hydrogen-bond acceptors (Lipinski definition) is 5. The van der Waals surface area contributed by atoms with Crippen LogP contribution in [0.5, 0.6) is 5.75 Å². The maximum absolute atomic E-state index is 13.2. The molecular formula is C30H34F3N3O3S. The maximum Gasteiger partial charge on any atom is 0.573 e. The fourth-order valence-corrected chi connectivity index (χ4v) is 4.71. The van der Waals surface area contributed by atoms with Crippen molar-refractivity contribution in [2.24, 2.45) is 5.92 Å². The molecule has 0 atom stereocenters. The number of para-hydroxylation sites is 1. The van der Waals surface area contributed by atoms with Crippen molar-refractivity contribution < 1.29 is 27.5 Å². The monoisotopic (exact) mass is 573 g/mol. The molecule has 0 saturated carbocycles. The Bertz CT molecular complexity index is 1310. The second-order valence-electron chi connectivity index (χ2n) is 9.98. The van der Waals surface area contributed by atoms with Crippen LogP contribution in [0.2, 0.25) is 0 Å². The summed E-state index contributed by atoms with van der Waals surface area (Å²) in [5, 5.41) is 4.56. The molecule has 0 spiro atoms. The lowest BCUT2D eigenvalue weighted by Gasteiger charge is -2.27. The third-order valence-electron chi connectivity index (χ3n) is 5.76. The standard InChI is InChI=1S/C30H34F3N3O3S/c1-19(2)17-34-23-13-11-22(12-14-23)29(38)35-36(20(3)4)28(37)18-40-27-15-10-21(5)16-25(27)24-8-6-7-9-26(24)39-30(31,32)33/h6-16,19-20,34H,17-18H2,1-5H3,(H,35,38). The van der Waals surface area contributed by atoms with E-state index >= 15 is 0 Å².